The summed E-state index contributed by atoms with van der Waals surface area (Å²) >= 11 is 0. The lowest BCUT2D eigenvalue weighted by atomic mass is 9.97. The van der Waals surface area contributed by atoms with E-state index in [4.69, 9.17) is 5.73 Å². The third-order valence-electron chi connectivity index (χ3n) is 4.52. The molecule has 0 saturated heterocycles. The molecule has 102 valence electrons. The fraction of sp³-hybridized carbons (Fsp3) is 0.500. The van der Waals surface area contributed by atoms with E-state index in [1.807, 2.05) is 0 Å². The Morgan fingerprint density at radius 3 is 2.63 bits per heavy atom. The predicted molar refractivity (Wildman–Crippen MR) is 70.7 cm³/mol. The number of nitrogens with two attached hydrogens (primary N) is 1. The van der Waals surface area contributed by atoms with Gasteiger partial charge in [-0.05, 0) is 36.8 Å². The summed E-state index contributed by atoms with van der Waals surface area (Å²) in [5.74, 6) is -0.507. The molecular weight excluding hydrogens is 248 g/mol. The van der Waals surface area contributed by atoms with E-state index in [2.05, 4.69) is 18.8 Å². The van der Waals surface area contributed by atoms with Crippen molar-refractivity contribution >= 4 is 17.0 Å². The predicted octanol–water partition coefficient (Wildman–Crippen LogP) is 3.50. The van der Waals surface area contributed by atoms with E-state index in [9.17, 15) is 8.78 Å². The standard InChI is InChI=1S/C14H17F2N3/c1-7-3-6-11(8(7)2)19-13-10(18-14(19)17)5-4-9(15)12(13)16/h4-5,7-8,11H,3,6H2,1-2H3,(H2,17,18). The number of nitrogens with zero attached hydrogens (tertiary/aromatic N) is 2. The highest BCUT2D eigenvalue weighted by atomic mass is 19.2. The molecule has 1 aromatic carbocycles. The van der Waals surface area contributed by atoms with Crippen LogP contribution in [0.25, 0.3) is 11.0 Å². The van der Waals surface area contributed by atoms with Gasteiger partial charge in [0.15, 0.2) is 11.6 Å². The minimum atomic E-state index is -0.854. The van der Waals surface area contributed by atoms with Crippen LogP contribution in [-0.4, -0.2) is 9.55 Å². The summed E-state index contributed by atoms with van der Waals surface area (Å²) in [6.07, 6.45) is 2.00. The van der Waals surface area contributed by atoms with E-state index in [0.717, 1.165) is 18.9 Å². The minimum Gasteiger partial charge on any atom is -0.369 e. The summed E-state index contributed by atoms with van der Waals surface area (Å²) < 4.78 is 29.2. The molecule has 5 heteroatoms. The van der Waals surface area contributed by atoms with Crippen molar-refractivity contribution in [2.24, 2.45) is 11.8 Å². The number of halogens is 2. The highest BCUT2D eigenvalue weighted by Gasteiger charge is 2.34. The maximum Gasteiger partial charge on any atom is 0.201 e. The summed E-state index contributed by atoms with van der Waals surface area (Å²) in [6, 6.07) is 2.66. The molecule has 3 unspecified atom stereocenters. The Balaban J connectivity index is 2.23. The number of imidazole rings is 1. The fourth-order valence-electron chi connectivity index (χ4n) is 3.18. The quantitative estimate of drug-likeness (QED) is 0.857. The van der Waals surface area contributed by atoms with Gasteiger partial charge >= 0.3 is 0 Å². The molecule has 1 aliphatic carbocycles. The normalized spacial score (nSPS) is 27.3. The first-order valence-electron chi connectivity index (χ1n) is 6.62. The third-order valence-corrected chi connectivity index (χ3v) is 4.52. The second kappa shape index (κ2) is 4.18. The molecule has 19 heavy (non-hydrogen) atoms. The number of hydrogen-bond acceptors (Lipinski definition) is 2. The second-order valence-electron chi connectivity index (χ2n) is 5.55. The highest BCUT2D eigenvalue weighted by molar-refractivity contribution is 5.79. The molecule has 1 aromatic heterocycles. The number of nitrogen functional groups attached to an aromatic ring is 1. The Bertz CT molecular complexity index is 635. The highest BCUT2D eigenvalue weighted by Crippen LogP contribution is 2.42. The first-order chi connectivity index (χ1) is 9.00. The minimum absolute atomic E-state index is 0.0938. The van der Waals surface area contributed by atoms with Crippen molar-refractivity contribution in [3.63, 3.8) is 0 Å². The largest absolute Gasteiger partial charge is 0.369 e. The molecule has 3 nitrogen and oxygen atoms in total. The lowest BCUT2D eigenvalue weighted by molar-refractivity contribution is 0.359. The number of anilines is 1. The van der Waals surface area contributed by atoms with Gasteiger partial charge in [0.05, 0.1) is 5.52 Å². The summed E-state index contributed by atoms with van der Waals surface area (Å²) in [7, 11) is 0. The van der Waals surface area contributed by atoms with Crippen LogP contribution >= 0.6 is 0 Å². The summed E-state index contributed by atoms with van der Waals surface area (Å²) in [4.78, 5) is 4.15. The Kier molecular flexibility index (Phi) is 2.73. The van der Waals surface area contributed by atoms with Gasteiger partial charge < -0.3 is 10.3 Å². The zero-order valence-corrected chi connectivity index (χ0v) is 11.0. The number of fused-ring (bicyclic) bond motifs is 1. The number of aromatic nitrogens is 2. The summed E-state index contributed by atoms with van der Waals surface area (Å²) in [5, 5.41) is 0. The van der Waals surface area contributed by atoms with Gasteiger partial charge in [0.1, 0.15) is 5.52 Å². The number of benzene rings is 1. The van der Waals surface area contributed by atoms with Crippen LogP contribution in [0.15, 0.2) is 12.1 Å². The average molecular weight is 265 g/mol. The Morgan fingerprint density at radius 2 is 2.00 bits per heavy atom. The van der Waals surface area contributed by atoms with Gasteiger partial charge in [-0.2, -0.15) is 0 Å². The van der Waals surface area contributed by atoms with Gasteiger partial charge in [0, 0.05) is 6.04 Å². The van der Waals surface area contributed by atoms with Crippen molar-refractivity contribution in [1.82, 2.24) is 9.55 Å². The lowest BCUT2D eigenvalue weighted by Gasteiger charge is -2.21. The maximum absolute atomic E-state index is 14.1. The molecule has 1 fully saturated rings. The number of hydrogen-bond donors (Lipinski definition) is 1. The van der Waals surface area contributed by atoms with Crippen molar-refractivity contribution < 1.29 is 8.78 Å². The van der Waals surface area contributed by atoms with E-state index < -0.39 is 11.6 Å². The second-order valence-corrected chi connectivity index (χ2v) is 5.55. The monoisotopic (exact) mass is 265 g/mol. The van der Waals surface area contributed by atoms with Gasteiger partial charge in [-0.25, -0.2) is 13.8 Å². The van der Waals surface area contributed by atoms with Gasteiger partial charge in [0.2, 0.25) is 5.95 Å². The van der Waals surface area contributed by atoms with Crippen molar-refractivity contribution in [3.05, 3.63) is 23.8 Å². The number of rotatable bonds is 1. The molecule has 1 saturated carbocycles. The molecule has 0 amide bonds. The lowest BCUT2D eigenvalue weighted by Crippen LogP contribution is -2.17. The SMILES string of the molecule is CC1CCC(n2c(N)nc3ccc(F)c(F)c32)C1C. The van der Waals surface area contributed by atoms with Gasteiger partial charge in [-0.3, -0.25) is 0 Å². The van der Waals surface area contributed by atoms with E-state index in [1.54, 1.807) is 4.57 Å². The molecule has 1 aliphatic rings. The zero-order chi connectivity index (χ0) is 13.7. The van der Waals surface area contributed by atoms with E-state index in [0.29, 0.717) is 17.4 Å². The van der Waals surface area contributed by atoms with E-state index in [-0.39, 0.29) is 17.5 Å². The Labute approximate surface area is 110 Å². The Morgan fingerprint density at radius 1 is 1.26 bits per heavy atom. The van der Waals surface area contributed by atoms with Crippen molar-refractivity contribution in [3.8, 4) is 0 Å². The van der Waals surface area contributed by atoms with E-state index in [1.165, 1.54) is 6.07 Å². The van der Waals surface area contributed by atoms with Gasteiger partial charge in [-0.15, -0.1) is 0 Å². The molecule has 3 atom stereocenters. The Hall–Kier alpha value is -1.65. The van der Waals surface area contributed by atoms with Crippen LogP contribution in [0, 0.1) is 23.5 Å². The van der Waals surface area contributed by atoms with Crippen LogP contribution in [0.1, 0.15) is 32.7 Å². The van der Waals surface area contributed by atoms with Gasteiger partial charge in [0.25, 0.3) is 0 Å². The van der Waals surface area contributed by atoms with Crippen LogP contribution in [0.4, 0.5) is 14.7 Å². The first-order valence-corrected chi connectivity index (χ1v) is 6.62. The summed E-state index contributed by atoms with van der Waals surface area (Å²) in [5.41, 5.74) is 6.54. The average Bonchev–Trinajstić information content (AvgIpc) is 2.86. The third kappa shape index (κ3) is 1.71. The van der Waals surface area contributed by atoms with Crippen LogP contribution in [-0.2, 0) is 0 Å². The van der Waals surface area contributed by atoms with Crippen LogP contribution in [0.5, 0.6) is 0 Å². The summed E-state index contributed by atoms with van der Waals surface area (Å²) in [6.45, 7) is 4.31. The maximum atomic E-state index is 14.1. The van der Waals surface area contributed by atoms with E-state index >= 15 is 0 Å². The molecule has 0 bridgehead atoms. The molecule has 0 radical (unpaired) electrons. The zero-order valence-electron chi connectivity index (χ0n) is 11.0. The van der Waals surface area contributed by atoms with Crippen LogP contribution in [0.2, 0.25) is 0 Å². The van der Waals surface area contributed by atoms with Gasteiger partial charge in [-0.1, -0.05) is 13.8 Å². The molecule has 0 spiro atoms. The molecule has 1 heterocycles. The fourth-order valence-corrected chi connectivity index (χ4v) is 3.18. The topological polar surface area (TPSA) is 43.8 Å². The smallest absolute Gasteiger partial charge is 0.201 e. The van der Waals surface area contributed by atoms with Crippen molar-refractivity contribution in [2.45, 2.75) is 32.7 Å². The van der Waals surface area contributed by atoms with Crippen molar-refractivity contribution in [2.75, 3.05) is 5.73 Å². The molecular formula is C14H17F2N3. The van der Waals surface area contributed by atoms with Crippen LogP contribution < -0.4 is 5.73 Å². The van der Waals surface area contributed by atoms with Crippen LogP contribution in [0.3, 0.4) is 0 Å². The molecule has 2 N–H and O–H groups in total. The first kappa shape index (κ1) is 12.4. The molecule has 2 aromatic rings. The molecule has 0 aliphatic heterocycles. The molecule has 3 rings (SSSR count). The van der Waals surface area contributed by atoms with Crippen molar-refractivity contribution in [1.29, 1.82) is 0 Å².